The maximum Gasteiger partial charge on any atom is 0.234 e. The predicted octanol–water partition coefficient (Wildman–Crippen LogP) is 2.21. The van der Waals surface area contributed by atoms with Gasteiger partial charge in [0.25, 0.3) is 0 Å². The van der Waals surface area contributed by atoms with Crippen molar-refractivity contribution in [3.63, 3.8) is 0 Å². The van der Waals surface area contributed by atoms with Crippen molar-refractivity contribution >= 4 is 5.91 Å². The van der Waals surface area contributed by atoms with Gasteiger partial charge < -0.3 is 15.2 Å². The lowest BCUT2D eigenvalue weighted by Crippen LogP contribution is -2.46. The van der Waals surface area contributed by atoms with Gasteiger partial charge in [-0.1, -0.05) is 31.4 Å². The molecule has 1 aliphatic heterocycles. The van der Waals surface area contributed by atoms with Crippen molar-refractivity contribution in [3.05, 3.63) is 29.8 Å². The molecule has 1 aromatic rings. The van der Waals surface area contributed by atoms with Crippen LogP contribution in [0.5, 0.6) is 5.75 Å². The Morgan fingerprint density at radius 1 is 1.30 bits per heavy atom. The second-order valence-corrected chi connectivity index (χ2v) is 6.59. The normalized spacial score (nSPS) is 23.6. The zero-order valence-electron chi connectivity index (χ0n) is 13.5. The van der Waals surface area contributed by atoms with E-state index < -0.39 is 0 Å². The summed E-state index contributed by atoms with van der Waals surface area (Å²) < 4.78 is 5.80. The van der Waals surface area contributed by atoms with Gasteiger partial charge >= 0.3 is 0 Å². The van der Waals surface area contributed by atoms with Crippen LogP contribution in [0.25, 0.3) is 0 Å². The Morgan fingerprint density at radius 2 is 2.13 bits per heavy atom. The van der Waals surface area contributed by atoms with Crippen LogP contribution in [0.15, 0.2) is 24.3 Å². The molecule has 0 bridgehead atoms. The number of hydrogen-bond acceptors (Lipinski definition) is 4. The summed E-state index contributed by atoms with van der Waals surface area (Å²) in [7, 11) is 0. The lowest BCUT2D eigenvalue weighted by Gasteiger charge is -2.33. The van der Waals surface area contributed by atoms with Gasteiger partial charge in [0.1, 0.15) is 5.75 Å². The molecule has 1 aromatic carbocycles. The van der Waals surface area contributed by atoms with Crippen molar-refractivity contribution in [1.29, 1.82) is 0 Å². The third-order valence-electron chi connectivity index (χ3n) is 4.73. The van der Waals surface area contributed by atoms with Gasteiger partial charge in [-0.25, -0.2) is 0 Å². The van der Waals surface area contributed by atoms with Gasteiger partial charge in [-0.2, -0.15) is 0 Å². The van der Waals surface area contributed by atoms with Crippen molar-refractivity contribution in [2.75, 3.05) is 26.2 Å². The highest BCUT2D eigenvalue weighted by molar-refractivity contribution is 5.78. The number of carbonyl (C=O) groups excluding carboxylic acids is 1. The first-order valence-electron chi connectivity index (χ1n) is 8.63. The molecule has 3 rings (SSSR count). The molecule has 0 aromatic heterocycles. The van der Waals surface area contributed by atoms with Crippen molar-refractivity contribution in [3.8, 4) is 5.75 Å². The minimum Gasteiger partial charge on any atom is -0.508 e. The van der Waals surface area contributed by atoms with E-state index in [2.05, 4.69) is 10.2 Å². The summed E-state index contributed by atoms with van der Waals surface area (Å²) in [5.41, 5.74) is 0.961. The molecule has 0 radical (unpaired) electrons. The van der Waals surface area contributed by atoms with Crippen molar-refractivity contribution in [2.24, 2.45) is 0 Å². The maximum absolute atomic E-state index is 12.2. The molecule has 1 aliphatic carbocycles. The number of nitrogens with one attached hydrogen (secondary N) is 1. The first-order valence-corrected chi connectivity index (χ1v) is 8.63. The summed E-state index contributed by atoms with van der Waals surface area (Å²) >= 11 is 0. The fourth-order valence-electron chi connectivity index (χ4n) is 3.50. The summed E-state index contributed by atoms with van der Waals surface area (Å²) in [4.78, 5) is 14.4. The topological polar surface area (TPSA) is 61.8 Å². The van der Waals surface area contributed by atoms with E-state index in [1.165, 1.54) is 19.3 Å². The van der Waals surface area contributed by atoms with Gasteiger partial charge in [-0.15, -0.1) is 0 Å². The molecule has 1 atom stereocenters. The third kappa shape index (κ3) is 4.69. The molecule has 5 heteroatoms. The Balaban J connectivity index is 1.51. The summed E-state index contributed by atoms with van der Waals surface area (Å²) in [6, 6.07) is 7.52. The van der Waals surface area contributed by atoms with Crippen LogP contribution in [-0.4, -0.2) is 48.2 Å². The Hall–Kier alpha value is -1.59. The Morgan fingerprint density at radius 3 is 2.91 bits per heavy atom. The number of rotatable bonds is 4. The number of ether oxygens (including phenoxy) is 1. The molecule has 1 saturated carbocycles. The second-order valence-electron chi connectivity index (χ2n) is 6.59. The van der Waals surface area contributed by atoms with Gasteiger partial charge in [0.15, 0.2) is 0 Å². The number of nitrogens with zero attached hydrogens (tertiary/aromatic N) is 1. The lowest BCUT2D eigenvalue weighted by molar-refractivity contribution is -0.125. The summed E-state index contributed by atoms with van der Waals surface area (Å²) in [6.07, 6.45) is 5.88. The van der Waals surface area contributed by atoms with Crippen LogP contribution in [0.1, 0.15) is 43.8 Å². The number of benzene rings is 1. The molecule has 0 spiro atoms. The summed E-state index contributed by atoms with van der Waals surface area (Å²) in [5, 5.41) is 12.8. The number of amides is 1. The largest absolute Gasteiger partial charge is 0.508 e. The van der Waals surface area contributed by atoms with Crippen LogP contribution in [0, 0.1) is 0 Å². The highest BCUT2D eigenvalue weighted by Crippen LogP contribution is 2.25. The van der Waals surface area contributed by atoms with E-state index in [1.807, 2.05) is 12.1 Å². The van der Waals surface area contributed by atoms with Crippen molar-refractivity contribution in [2.45, 2.75) is 44.2 Å². The maximum atomic E-state index is 12.2. The minimum atomic E-state index is -0.0849. The van der Waals surface area contributed by atoms with E-state index in [-0.39, 0.29) is 17.8 Å². The lowest BCUT2D eigenvalue weighted by atomic mass is 9.95. The standard InChI is InChI=1S/C18H26N2O3/c21-16-8-4-5-14(11-16)17-12-20(9-10-23-17)13-18(22)19-15-6-2-1-3-7-15/h4-5,8,11,15,17,21H,1-3,6-7,9-10,12-13H2,(H,19,22). The molecule has 1 amide bonds. The zero-order chi connectivity index (χ0) is 16.1. The zero-order valence-corrected chi connectivity index (χ0v) is 13.5. The molecule has 23 heavy (non-hydrogen) atoms. The second kappa shape index (κ2) is 7.79. The van der Waals surface area contributed by atoms with E-state index in [9.17, 15) is 9.90 Å². The van der Waals surface area contributed by atoms with E-state index >= 15 is 0 Å². The molecule has 2 aliphatic rings. The van der Waals surface area contributed by atoms with Crippen LogP contribution in [-0.2, 0) is 9.53 Å². The van der Waals surface area contributed by atoms with Crippen molar-refractivity contribution in [1.82, 2.24) is 10.2 Å². The Labute approximate surface area is 137 Å². The van der Waals surface area contributed by atoms with E-state index in [0.717, 1.165) is 24.9 Å². The molecule has 126 valence electrons. The molecule has 1 unspecified atom stereocenters. The van der Waals surface area contributed by atoms with Gasteiger partial charge in [-0.05, 0) is 30.5 Å². The number of phenols is 1. The van der Waals surface area contributed by atoms with Gasteiger partial charge in [0, 0.05) is 19.1 Å². The highest BCUT2D eigenvalue weighted by atomic mass is 16.5. The quantitative estimate of drug-likeness (QED) is 0.893. The number of morpholine rings is 1. The molecule has 5 nitrogen and oxygen atoms in total. The van der Waals surface area contributed by atoms with E-state index in [1.54, 1.807) is 12.1 Å². The highest BCUT2D eigenvalue weighted by Gasteiger charge is 2.24. The minimum absolute atomic E-state index is 0.0849. The summed E-state index contributed by atoms with van der Waals surface area (Å²) in [6.45, 7) is 2.49. The predicted molar refractivity (Wildman–Crippen MR) is 88.3 cm³/mol. The number of aromatic hydroxyl groups is 1. The number of hydrogen-bond donors (Lipinski definition) is 2. The number of carbonyl (C=O) groups is 1. The third-order valence-corrected chi connectivity index (χ3v) is 4.73. The van der Waals surface area contributed by atoms with Crippen LogP contribution >= 0.6 is 0 Å². The molecular weight excluding hydrogens is 292 g/mol. The van der Waals surface area contributed by atoms with E-state index in [4.69, 9.17) is 4.74 Å². The van der Waals surface area contributed by atoms with Crippen molar-refractivity contribution < 1.29 is 14.6 Å². The first-order chi connectivity index (χ1) is 11.2. The number of phenolic OH excluding ortho intramolecular Hbond substituents is 1. The molecule has 2 fully saturated rings. The average molecular weight is 318 g/mol. The molecule has 1 heterocycles. The monoisotopic (exact) mass is 318 g/mol. The van der Waals surface area contributed by atoms with Crippen LogP contribution < -0.4 is 5.32 Å². The summed E-state index contributed by atoms with van der Waals surface area (Å²) in [5.74, 6) is 0.367. The van der Waals surface area contributed by atoms with Gasteiger partial charge in [0.2, 0.25) is 5.91 Å². The fourth-order valence-corrected chi connectivity index (χ4v) is 3.50. The van der Waals surface area contributed by atoms with Crippen LogP contribution in [0.3, 0.4) is 0 Å². The average Bonchev–Trinajstić information content (AvgIpc) is 2.56. The first kappa shape index (κ1) is 16.3. The SMILES string of the molecule is O=C(CN1CCOC(c2cccc(O)c2)C1)NC1CCCCC1. The van der Waals surface area contributed by atoms with Gasteiger partial charge in [-0.3, -0.25) is 9.69 Å². The van der Waals surface area contributed by atoms with Gasteiger partial charge in [0.05, 0.1) is 19.3 Å². The molecule has 1 saturated heterocycles. The van der Waals surface area contributed by atoms with Crippen LogP contribution in [0.2, 0.25) is 0 Å². The van der Waals surface area contributed by atoms with E-state index in [0.29, 0.717) is 25.7 Å². The molecular formula is C18H26N2O3. The van der Waals surface area contributed by atoms with Crippen LogP contribution in [0.4, 0.5) is 0 Å². The fraction of sp³-hybridized carbons (Fsp3) is 0.611. The molecule has 2 N–H and O–H groups in total. The Kier molecular flexibility index (Phi) is 5.51. The Bertz CT molecular complexity index is 529. The smallest absolute Gasteiger partial charge is 0.234 e.